The van der Waals surface area contributed by atoms with Crippen LogP contribution < -0.4 is 5.30 Å². The van der Waals surface area contributed by atoms with Crippen LogP contribution in [0.1, 0.15) is 0 Å². The fraction of sp³-hybridized carbons (Fsp3) is 0.286. The summed E-state index contributed by atoms with van der Waals surface area (Å²) in [4.78, 5) is 3.41. The van der Waals surface area contributed by atoms with Crippen molar-refractivity contribution in [3.05, 3.63) is 24.3 Å². The summed E-state index contributed by atoms with van der Waals surface area (Å²) in [6.07, 6.45) is 1.32. The molecule has 0 atom stereocenters. The lowest BCUT2D eigenvalue weighted by Gasteiger charge is -2.04. The maximum Gasteiger partial charge on any atom is 0.212 e. The standard InChI is InChI=1S/C7H9FNOP/c1-11(2,10)6-3-4-7(8)9-5-6/h3-5H,1-2H3. The molecule has 0 unspecified atom stereocenters. The van der Waals surface area contributed by atoms with Gasteiger partial charge in [0, 0.05) is 11.5 Å². The van der Waals surface area contributed by atoms with Crippen LogP contribution in [0.3, 0.4) is 0 Å². The van der Waals surface area contributed by atoms with E-state index in [0.29, 0.717) is 5.30 Å². The van der Waals surface area contributed by atoms with Crippen LogP contribution in [-0.2, 0) is 4.57 Å². The number of nitrogens with zero attached hydrogens (tertiary/aromatic N) is 1. The molecule has 0 N–H and O–H groups in total. The van der Waals surface area contributed by atoms with E-state index in [4.69, 9.17) is 0 Å². The largest absolute Gasteiger partial charge is 0.319 e. The van der Waals surface area contributed by atoms with Crippen molar-refractivity contribution >= 4 is 12.4 Å². The number of hydrogen-bond acceptors (Lipinski definition) is 2. The first-order chi connectivity index (χ1) is 5.00. The lowest BCUT2D eigenvalue weighted by Crippen LogP contribution is -2.03. The van der Waals surface area contributed by atoms with Crippen molar-refractivity contribution in [2.75, 3.05) is 13.3 Å². The fourth-order valence-electron chi connectivity index (χ4n) is 0.687. The zero-order valence-corrected chi connectivity index (χ0v) is 7.31. The van der Waals surface area contributed by atoms with Gasteiger partial charge in [0.15, 0.2) is 0 Å². The molecule has 0 fully saturated rings. The summed E-state index contributed by atoms with van der Waals surface area (Å²) >= 11 is 0. The molecule has 1 aromatic rings. The van der Waals surface area contributed by atoms with Gasteiger partial charge >= 0.3 is 0 Å². The molecule has 0 aliphatic carbocycles. The van der Waals surface area contributed by atoms with Crippen LogP contribution in [0.15, 0.2) is 18.3 Å². The van der Waals surface area contributed by atoms with Gasteiger partial charge in [-0.15, -0.1) is 0 Å². The van der Waals surface area contributed by atoms with Gasteiger partial charge in [-0.05, 0) is 25.5 Å². The van der Waals surface area contributed by atoms with Gasteiger partial charge in [0.25, 0.3) is 0 Å². The van der Waals surface area contributed by atoms with Crippen molar-refractivity contribution in [1.29, 1.82) is 0 Å². The number of halogens is 1. The van der Waals surface area contributed by atoms with Gasteiger partial charge in [0.1, 0.15) is 7.14 Å². The van der Waals surface area contributed by atoms with Crippen LogP contribution in [0.4, 0.5) is 4.39 Å². The molecule has 0 spiro atoms. The van der Waals surface area contributed by atoms with E-state index in [2.05, 4.69) is 4.98 Å². The average Bonchev–Trinajstić information content (AvgIpc) is 1.86. The first-order valence-electron chi connectivity index (χ1n) is 3.17. The van der Waals surface area contributed by atoms with E-state index in [1.165, 1.54) is 18.3 Å². The Hall–Kier alpha value is -0.690. The summed E-state index contributed by atoms with van der Waals surface area (Å²) in [6, 6.07) is 2.72. The normalized spacial score (nSPS) is 11.5. The van der Waals surface area contributed by atoms with E-state index >= 15 is 0 Å². The van der Waals surface area contributed by atoms with Gasteiger partial charge in [-0.25, -0.2) is 4.98 Å². The first kappa shape index (κ1) is 8.41. The fourth-order valence-corrected chi connectivity index (χ4v) is 1.46. The van der Waals surface area contributed by atoms with Crippen molar-refractivity contribution in [3.63, 3.8) is 0 Å². The highest BCUT2D eigenvalue weighted by molar-refractivity contribution is 7.70. The van der Waals surface area contributed by atoms with E-state index < -0.39 is 13.1 Å². The second-order valence-corrected chi connectivity index (χ2v) is 5.91. The molecule has 4 heteroatoms. The second-order valence-electron chi connectivity index (χ2n) is 2.69. The Morgan fingerprint density at radius 3 is 2.45 bits per heavy atom. The number of hydrogen-bond donors (Lipinski definition) is 0. The molecule has 11 heavy (non-hydrogen) atoms. The van der Waals surface area contributed by atoms with Crippen molar-refractivity contribution in [1.82, 2.24) is 4.98 Å². The molecule has 0 radical (unpaired) electrons. The lowest BCUT2D eigenvalue weighted by atomic mass is 10.5. The van der Waals surface area contributed by atoms with Crippen LogP contribution in [0.2, 0.25) is 0 Å². The summed E-state index contributed by atoms with van der Waals surface area (Å²) in [6.45, 7) is 3.25. The quantitative estimate of drug-likeness (QED) is 0.475. The maximum absolute atomic E-state index is 12.3. The maximum atomic E-state index is 12.3. The Balaban J connectivity index is 3.09. The third-order valence-corrected chi connectivity index (χ3v) is 2.84. The Morgan fingerprint density at radius 2 is 2.09 bits per heavy atom. The van der Waals surface area contributed by atoms with Crippen molar-refractivity contribution in [2.24, 2.45) is 0 Å². The smallest absolute Gasteiger partial charge is 0.212 e. The molecule has 0 bridgehead atoms. The number of pyridine rings is 1. The van der Waals surface area contributed by atoms with Gasteiger partial charge in [-0.2, -0.15) is 4.39 Å². The van der Waals surface area contributed by atoms with Crippen LogP contribution >= 0.6 is 7.14 Å². The summed E-state index contributed by atoms with van der Waals surface area (Å²) in [5, 5.41) is 0.610. The highest BCUT2D eigenvalue weighted by Crippen LogP contribution is 2.33. The Labute approximate surface area is 64.8 Å². The zero-order valence-electron chi connectivity index (χ0n) is 6.41. The molecule has 60 valence electrons. The van der Waals surface area contributed by atoms with Gasteiger partial charge in [-0.1, -0.05) is 0 Å². The predicted octanol–water partition coefficient (Wildman–Crippen LogP) is 1.47. The average molecular weight is 173 g/mol. The summed E-state index contributed by atoms with van der Waals surface area (Å²) < 4.78 is 23.6. The Kier molecular flexibility index (Phi) is 2.10. The topological polar surface area (TPSA) is 30.0 Å². The third kappa shape index (κ3) is 2.12. The predicted molar refractivity (Wildman–Crippen MR) is 43.3 cm³/mol. The van der Waals surface area contributed by atoms with Gasteiger partial charge in [0.2, 0.25) is 5.95 Å². The molecular formula is C7H9FNOP. The van der Waals surface area contributed by atoms with Crippen LogP contribution in [0.25, 0.3) is 0 Å². The summed E-state index contributed by atoms with van der Waals surface area (Å²) in [5.74, 6) is -0.540. The highest BCUT2D eigenvalue weighted by atomic mass is 31.2. The van der Waals surface area contributed by atoms with Crippen molar-refractivity contribution in [2.45, 2.75) is 0 Å². The van der Waals surface area contributed by atoms with Gasteiger partial charge in [0.05, 0.1) is 0 Å². The van der Waals surface area contributed by atoms with E-state index in [1.807, 2.05) is 0 Å². The van der Waals surface area contributed by atoms with E-state index in [9.17, 15) is 8.96 Å². The molecule has 0 amide bonds. The van der Waals surface area contributed by atoms with Gasteiger partial charge < -0.3 is 4.57 Å². The molecule has 0 saturated heterocycles. The Morgan fingerprint density at radius 1 is 1.45 bits per heavy atom. The minimum absolute atomic E-state index is 0.540. The monoisotopic (exact) mass is 173 g/mol. The SMILES string of the molecule is CP(C)(=O)c1ccc(F)nc1. The van der Waals surface area contributed by atoms with Crippen molar-refractivity contribution < 1.29 is 8.96 Å². The molecule has 1 heterocycles. The van der Waals surface area contributed by atoms with E-state index in [0.717, 1.165) is 0 Å². The first-order valence-corrected chi connectivity index (χ1v) is 5.77. The molecule has 1 aromatic heterocycles. The molecule has 0 aliphatic heterocycles. The highest BCUT2D eigenvalue weighted by Gasteiger charge is 2.10. The minimum Gasteiger partial charge on any atom is -0.319 e. The Bertz CT molecular complexity index is 290. The number of rotatable bonds is 1. The second kappa shape index (κ2) is 2.74. The molecule has 2 nitrogen and oxygen atoms in total. The zero-order chi connectivity index (χ0) is 8.48. The molecule has 1 rings (SSSR count). The van der Waals surface area contributed by atoms with Gasteiger partial charge in [-0.3, -0.25) is 0 Å². The van der Waals surface area contributed by atoms with Crippen LogP contribution in [0.5, 0.6) is 0 Å². The molecule has 0 aromatic carbocycles. The van der Waals surface area contributed by atoms with Crippen molar-refractivity contribution in [3.8, 4) is 0 Å². The molecule has 0 saturated carbocycles. The van der Waals surface area contributed by atoms with Crippen LogP contribution in [0, 0.1) is 5.95 Å². The number of aromatic nitrogens is 1. The van der Waals surface area contributed by atoms with Crippen LogP contribution in [-0.4, -0.2) is 18.3 Å². The molecule has 0 aliphatic rings. The lowest BCUT2D eigenvalue weighted by molar-refractivity contribution is 0.582. The summed E-state index contributed by atoms with van der Waals surface area (Å²) in [5.41, 5.74) is 0. The summed E-state index contributed by atoms with van der Waals surface area (Å²) in [7, 11) is -2.27. The molecular weight excluding hydrogens is 164 g/mol. The third-order valence-electron chi connectivity index (χ3n) is 1.33. The minimum atomic E-state index is -2.27. The van der Waals surface area contributed by atoms with E-state index in [1.54, 1.807) is 13.3 Å². The van der Waals surface area contributed by atoms with E-state index in [-0.39, 0.29) is 0 Å².